The number of nitrogens with one attached hydrogen (secondary N) is 2. The first kappa shape index (κ1) is 31.4. The van der Waals surface area contributed by atoms with Crippen molar-refractivity contribution >= 4 is 35.9 Å². The van der Waals surface area contributed by atoms with Crippen LogP contribution in [0.15, 0.2) is 4.99 Å². The van der Waals surface area contributed by atoms with Gasteiger partial charge in [-0.05, 0) is 67.2 Å². The number of carbonyl (C=O) groups excluding carboxylic acids is 1. The van der Waals surface area contributed by atoms with E-state index in [1.165, 1.54) is 0 Å². The summed E-state index contributed by atoms with van der Waals surface area (Å²) in [5, 5.41) is 6.98. The topological polar surface area (TPSA) is 75.2 Å². The molecule has 0 bridgehead atoms. The number of hydrogen-bond donors (Lipinski definition) is 2. The molecule has 0 amide bonds. The van der Waals surface area contributed by atoms with Crippen molar-refractivity contribution in [1.29, 1.82) is 0 Å². The third kappa shape index (κ3) is 16.9. The van der Waals surface area contributed by atoms with Gasteiger partial charge in [0.1, 0.15) is 5.60 Å². The third-order valence-corrected chi connectivity index (χ3v) is 5.11. The molecule has 0 spiro atoms. The van der Waals surface area contributed by atoms with Gasteiger partial charge in [0.05, 0.1) is 12.7 Å². The maximum absolute atomic E-state index is 11.7. The molecule has 1 saturated heterocycles. The normalized spacial score (nSPS) is 16.0. The Labute approximate surface area is 213 Å². The number of halogens is 1. The van der Waals surface area contributed by atoms with Gasteiger partial charge in [-0.25, -0.2) is 0 Å². The number of unbranched alkanes of at least 4 members (excludes halogenated alkanes) is 3. The summed E-state index contributed by atoms with van der Waals surface area (Å²) >= 11 is 0. The van der Waals surface area contributed by atoms with E-state index in [-0.39, 0.29) is 35.5 Å². The Morgan fingerprint density at radius 3 is 2.38 bits per heavy atom. The van der Waals surface area contributed by atoms with E-state index in [9.17, 15) is 4.79 Å². The van der Waals surface area contributed by atoms with Gasteiger partial charge in [0.25, 0.3) is 0 Å². The fourth-order valence-corrected chi connectivity index (χ4v) is 3.55. The van der Waals surface area contributed by atoms with Gasteiger partial charge in [-0.2, -0.15) is 0 Å². The molecule has 8 heteroatoms. The lowest BCUT2D eigenvalue weighted by molar-refractivity contribution is -0.154. The zero-order chi connectivity index (χ0) is 23.1. The maximum Gasteiger partial charge on any atom is 0.306 e. The van der Waals surface area contributed by atoms with Gasteiger partial charge in [-0.3, -0.25) is 9.79 Å². The molecule has 1 rings (SSSR count). The first-order valence-corrected chi connectivity index (χ1v) is 12.3. The van der Waals surface area contributed by atoms with Gasteiger partial charge in [0.15, 0.2) is 5.96 Å². The van der Waals surface area contributed by atoms with Gasteiger partial charge in [-0.1, -0.05) is 12.8 Å². The maximum atomic E-state index is 11.7. The van der Waals surface area contributed by atoms with E-state index in [0.29, 0.717) is 18.6 Å². The van der Waals surface area contributed by atoms with Crippen molar-refractivity contribution in [3.63, 3.8) is 0 Å². The number of esters is 1. The molecule has 0 atom stereocenters. The monoisotopic (exact) mass is 568 g/mol. The van der Waals surface area contributed by atoms with Crippen LogP contribution in [0.25, 0.3) is 0 Å². The highest BCUT2D eigenvalue weighted by Crippen LogP contribution is 2.12. The van der Waals surface area contributed by atoms with Crippen LogP contribution in [0.1, 0.15) is 86.5 Å². The Kier molecular flexibility index (Phi) is 17.5. The predicted octanol–water partition coefficient (Wildman–Crippen LogP) is 4.34. The van der Waals surface area contributed by atoms with E-state index in [4.69, 9.17) is 14.5 Å². The standard InChI is InChI=1S/C24H48N4O3.HI/c1-7-25-23(26-15-11-9-8-10-12-22(29)31-24(4,5)6)27-21-13-16-28(17-14-21)18-19-30-20(2)3;/h20-21H,7-19H2,1-6H3,(H2,25,26,27);1H. The Bertz CT molecular complexity index is 516. The number of piperidine rings is 1. The summed E-state index contributed by atoms with van der Waals surface area (Å²) < 4.78 is 11.0. The molecule has 190 valence electrons. The van der Waals surface area contributed by atoms with Crippen molar-refractivity contribution in [2.24, 2.45) is 4.99 Å². The number of aliphatic imine (C=N–C) groups is 1. The van der Waals surface area contributed by atoms with Crippen LogP contribution in [0.3, 0.4) is 0 Å². The van der Waals surface area contributed by atoms with Gasteiger partial charge in [0, 0.05) is 45.2 Å². The molecule has 0 aromatic rings. The fraction of sp³-hybridized carbons (Fsp3) is 0.917. The molecule has 1 aliphatic rings. The van der Waals surface area contributed by atoms with Crippen LogP contribution in [-0.4, -0.2) is 73.9 Å². The summed E-state index contributed by atoms with van der Waals surface area (Å²) in [7, 11) is 0. The van der Waals surface area contributed by atoms with Crippen LogP contribution in [-0.2, 0) is 14.3 Å². The number of nitrogens with zero attached hydrogens (tertiary/aromatic N) is 2. The number of ether oxygens (including phenoxy) is 2. The average Bonchev–Trinajstić information content (AvgIpc) is 2.67. The molecule has 32 heavy (non-hydrogen) atoms. The molecule has 7 nitrogen and oxygen atoms in total. The second-order valence-corrected chi connectivity index (χ2v) is 9.69. The summed E-state index contributed by atoms with van der Waals surface area (Å²) in [6.45, 7) is 17.7. The van der Waals surface area contributed by atoms with Crippen molar-refractivity contribution in [2.75, 3.05) is 39.3 Å². The minimum absolute atomic E-state index is 0. The molecule has 0 aromatic heterocycles. The first-order chi connectivity index (χ1) is 14.7. The number of rotatable bonds is 13. The summed E-state index contributed by atoms with van der Waals surface area (Å²) in [6.07, 6.45) is 7.14. The summed E-state index contributed by atoms with van der Waals surface area (Å²) in [5.41, 5.74) is -0.389. The number of hydrogen-bond acceptors (Lipinski definition) is 5. The lowest BCUT2D eigenvalue weighted by Gasteiger charge is -2.33. The Morgan fingerprint density at radius 1 is 1.12 bits per heavy atom. The third-order valence-electron chi connectivity index (χ3n) is 5.11. The molecule has 0 saturated carbocycles. The van der Waals surface area contributed by atoms with Crippen molar-refractivity contribution in [3.05, 3.63) is 0 Å². The number of carbonyl (C=O) groups is 1. The molecule has 0 unspecified atom stereocenters. The number of guanidine groups is 1. The minimum atomic E-state index is -0.389. The Morgan fingerprint density at radius 2 is 1.78 bits per heavy atom. The van der Waals surface area contributed by atoms with Crippen molar-refractivity contribution in [1.82, 2.24) is 15.5 Å². The highest BCUT2D eigenvalue weighted by atomic mass is 127. The Balaban J connectivity index is 0.00000961. The zero-order valence-electron chi connectivity index (χ0n) is 21.4. The highest BCUT2D eigenvalue weighted by molar-refractivity contribution is 14.0. The Hall–Kier alpha value is -0.610. The van der Waals surface area contributed by atoms with Gasteiger partial charge < -0.3 is 25.0 Å². The quantitative estimate of drug-likeness (QED) is 0.113. The molecule has 1 aliphatic heterocycles. The van der Waals surface area contributed by atoms with Crippen molar-refractivity contribution < 1.29 is 14.3 Å². The van der Waals surface area contributed by atoms with Crippen LogP contribution >= 0.6 is 24.0 Å². The number of likely N-dealkylation sites (tertiary alicyclic amines) is 1. The van der Waals surface area contributed by atoms with E-state index in [1.807, 2.05) is 20.8 Å². The minimum Gasteiger partial charge on any atom is -0.460 e. The van der Waals surface area contributed by atoms with Gasteiger partial charge in [0.2, 0.25) is 0 Å². The molecule has 0 aliphatic carbocycles. The first-order valence-electron chi connectivity index (χ1n) is 12.3. The molecular formula is C24H49IN4O3. The second-order valence-electron chi connectivity index (χ2n) is 9.69. The zero-order valence-corrected chi connectivity index (χ0v) is 23.7. The lowest BCUT2D eigenvalue weighted by Crippen LogP contribution is -2.49. The van der Waals surface area contributed by atoms with Crippen LogP contribution in [0.5, 0.6) is 0 Å². The fourth-order valence-electron chi connectivity index (χ4n) is 3.55. The van der Waals surface area contributed by atoms with E-state index < -0.39 is 0 Å². The van der Waals surface area contributed by atoms with E-state index >= 15 is 0 Å². The van der Waals surface area contributed by atoms with Gasteiger partial charge in [-0.15, -0.1) is 24.0 Å². The smallest absolute Gasteiger partial charge is 0.306 e. The van der Waals surface area contributed by atoms with Crippen LogP contribution in [0.2, 0.25) is 0 Å². The molecule has 2 N–H and O–H groups in total. The molecular weight excluding hydrogens is 519 g/mol. The summed E-state index contributed by atoms with van der Waals surface area (Å²) in [6, 6.07) is 0.480. The van der Waals surface area contributed by atoms with Crippen LogP contribution in [0.4, 0.5) is 0 Å². The van der Waals surface area contributed by atoms with Crippen molar-refractivity contribution in [2.45, 2.75) is 104 Å². The van der Waals surface area contributed by atoms with Gasteiger partial charge >= 0.3 is 5.97 Å². The van der Waals surface area contributed by atoms with E-state index in [0.717, 1.165) is 83.8 Å². The molecule has 1 heterocycles. The molecule has 0 aromatic carbocycles. The largest absolute Gasteiger partial charge is 0.460 e. The second kappa shape index (κ2) is 17.8. The molecule has 1 fully saturated rings. The van der Waals surface area contributed by atoms with E-state index in [2.05, 4.69) is 36.3 Å². The van der Waals surface area contributed by atoms with Crippen LogP contribution < -0.4 is 10.6 Å². The predicted molar refractivity (Wildman–Crippen MR) is 144 cm³/mol. The molecule has 0 radical (unpaired) electrons. The van der Waals surface area contributed by atoms with E-state index in [1.54, 1.807) is 0 Å². The summed E-state index contributed by atoms with van der Waals surface area (Å²) in [4.78, 5) is 19.0. The summed E-state index contributed by atoms with van der Waals surface area (Å²) in [5.74, 6) is 0.834. The van der Waals surface area contributed by atoms with Crippen molar-refractivity contribution in [3.8, 4) is 0 Å². The average molecular weight is 569 g/mol. The SMILES string of the molecule is CCNC(=NCCCCCCC(=O)OC(C)(C)C)NC1CCN(CCOC(C)C)CC1.I. The highest BCUT2D eigenvalue weighted by Gasteiger charge is 2.20. The van der Waals surface area contributed by atoms with Crippen LogP contribution in [0, 0.1) is 0 Å². The lowest BCUT2D eigenvalue weighted by atomic mass is 10.1.